The highest BCUT2D eigenvalue weighted by Crippen LogP contribution is 2.27. The number of aromatic nitrogens is 1. The molecule has 0 spiro atoms. The zero-order chi connectivity index (χ0) is 13.0. The van der Waals surface area contributed by atoms with Gasteiger partial charge in [-0.1, -0.05) is 27.7 Å². The molecule has 96 valence electrons. The minimum atomic E-state index is 0.631. The van der Waals surface area contributed by atoms with Crippen molar-refractivity contribution in [2.45, 2.75) is 27.7 Å². The Balaban J connectivity index is 2.95. The van der Waals surface area contributed by atoms with Gasteiger partial charge in [-0.25, -0.2) is 4.98 Å². The van der Waals surface area contributed by atoms with E-state index in [1.807, 2.05) is 6.20 Å². The molecule has 0 unspecified atom stereocenters. The minimum absolute atomic E-state index is 0.631. The molecular formula is C13H20Br2N2. The van der Waals surface area contributed by atoms with Gasteiger partial charge < -0.3 is 4.90 Å². The summed E-state index contributed by atoms with van der Waals surface area (Å²) in [4.78, 5) is 6.87. The largest absolute Gasteiger partial charge is 0.355 e. The van der Waals surface area contributed by atoms with Crippen LogP contribution in [-0.4, -0.2) is 18.1 Å². The topological polar surface area (TPSA) is 16.1 Å². The summed E-state index contributed by atoms with van der Waals surface area (Å²) in [6, 6.07) is 2.05. The fraction of sp³-hybridized carbons (Fsp3) is 0.615. The van der Waals surface area contributed by atoms with Crippen LogP contribution in [0.1, 0.15) is 27.7 Å². The molecule has 0 aromatic carbocycles. The Morgan fingerprint density at radius 1 is 1.12 bits per heavy atom. The van der Waals surface area contributed by atoms with Gasteiger partial charge in [-0.3, -0.25) is 0 Å². The summed E-state index contributed by atoms with van der Waals surface area (Å²) < 4.78 is 2.05. The van der Waals surface area contributed by atoms with Gasteiger partial charge in [0.15, 0.2) is 0 Å². The molecule has 1 rings (SSSR count). The van der Waals surface area contributed by atoms with E-state index < -0.39 is 0 Å². The Labute approximate surface area is 121 Å². The minimum Gasteiger partial charge on any atom is -0.355 e. The third-order valence-electron chi connectivity index (χ3n) is 2.26. The molecule has 0 saturated carbocycles. The maximum absolute atomic E-state index is 4.52. The molecule has 0 N–H and O–H groups in total. The van der Waals surface area contributed by atoms with Crippen molar-refractivity contribution in [1.29, 1.82) is 0 Å². The van der Waals surface area contributed by atoms with Crippen molar-refractivity contribution in [3.8, 4) is 0 Å². The maximum Gasteiger partial charge on any atom is 0.142 e. The molecule has 0 amide bonds. The van der Waals surface area contributed by atoms with Crippen molar-refractivity contribution in [1.82, 2.24) is 4.98 Å². The third-order valence-corrected chi connectivity index (χ3v) is 3.28. The summed E-state index contributed by atoms with van der Waals surface area (Å²) >= 11 is 7.03. The number of rotatable bonds is 5. The van der Waals surface area contributed by atoms with Crippen LogP contribution in [0.25, 0.3) is 0 Å². The monoisotopic (exact) mass is 362 g/mol. The predicted octanol–water partition coefficient (Wildman–Crippen LogP) is 4.73. The van der Waals surface area contributed by atoms with Crippen molar-refractivity contribution in [3.63, 3.8) is 0 Å². The average Bonchev–Trinajstić information content (AvgIpc) is 2.14. The van der Waals surface area contributed by atoms with Gasteiger partial charge >= 0.3 is 0 Å². The van der Waals surface area contributed by atoms with Gasteiger partial charge in [-0.15, -0.1) is 0 Å². The van der Waals surface area contributed by atoms with E-state index in [0.29, 0.717) is 11.8 Å². The van der Waals surface area contributed by atoms with Gasteiger partial charge in [0.2, 0.25) is 0 Å². The highest BCUT2D eigenvalue weighted by atomic mass is 79.9. The first-order chi connectivity index (χ1) is 7.90. The van der Waals surface area contributed by atoms with Crippen LogP contribution < -0.4 is 4.90 Å². The van der Waals surface area contributed by atoms with Crippen LogP contribution in [0.4, 0.5) is 5.82 Å². The fourth-order valence-corrected chi connectivity index (χ4v) is 3.01. The molecule has 17 heavy (non-hydrogen) atoms. The Hall–Kier alpha value is -0.0900. The summed E-state index contributed by atoms with van der Waals surface area (Å²) in [6.45, 7) is 11.0. The van der Waals surface area contributed by atoms with Crippen LogP contribution in [-0.2, 0) is 0 Å². The Morgan fingerprint density at radius 2 is 1.65 bits per heavy atom. The van der Waals surface area contributed by atoms with Crippen LogP contribution in [0, 0.1) is 11.8 Å². The summed E-state index contributed by atoms with van der Waals surface area (Å²) in [6.07, 6.45) is 1.85. The summed E-state index contributed by atoms with van der Waals surface area (Å²) in [7, 11) is 0. The van der Waals surface area contributed by atoms with Gasteiger partial charge in [0.05, 0.1) is 4.47 Å². The van der Waals surface area contributed by atoms with Crippen LogP contribution in [0.5, 0.6) is 0 Å². The highest BCUT2D eigenvalue weighted by molar-refractivity contribution is 9.11. The molecule has 0 atom stereocenters. The lowest BCUT2D eigenvalue weighted by atomic mass is 10.1. The van der Waals surface area contributed by atoms with Gasteiger partial charge in [0.1, 0.15) is 5.82 Å². The van der Waals surface area contributed by atoms with E-state index in [4.69, 9.17) is 0 Å². The van der Waals surface area contributed by atoms with E-state index in [2.05, 4.69) is 75.5 Å². The molecule has 0 saturated heterocycles. The normalized spacial score (nSPS) is 11.3. The van der Waals surface area contributed by atoms with E-state index in [0.717, 1.165) is 27.9 Å². The Morgan fingerprint density at radius 3 is 2.06 bits per heavy atom. The third kappa shape index (κ3) is 4.96. The molecule has 2 nitrogen and oxygen atoms in total. The van der Waals surface area contributed by atoms with Crippen LogP contribution in [0.2, 0.25) is 0 Å². The van der Waals surface area contributed by atoms with E-state index in [1.165, 1.54) is 0 Å². The van der Waals surface area contributed by atoms with Gasteiger partial charge in [0, 0.05) is 23.8 Å². The number of pyridine rings is 1. The first-order valence-electron chi connectivity index (χ1n) is 5.96. The second-order valence-corrected chi connectivity index (χ2v) is 6.92. The van der Waals surface area contributed by atoms with Crippen LogP contribution in [0.3, 0.4) is 0 Å². The molecule has 0 bridgehead atoms. The number of halogens is 2. The lowest BCUT2D eigenvalue weighted by Crippen LogP contribution is -2.32. The lowest BCUT2D eigenvalue weighted by molar-refractivity contribution is 0.548. The Bertz CT molecular complexity index is 354. The van der Waals surface area contributed by atoms with Crippen molar-refractivity contribution < 1.29 is 0 Å². The van der Waals surface area contributed by atoms with Gasteiger partial charge in [-0.05, 0) is 49.8 Å². The van der Waals surface area contributed by atoms with E-state index in [1.54, 1.807) is 0 Å². The van der Waals surface area contributed by atoms with Crippen molar-refractivity contribution in [3.05, 3.63) is 21.2 Å². The average molecular weight is 364 g/mol. The first-order valence-corrected chi connectivity index (χ1v) is 7.54. The predicted molar refractivity (Wildman–Crippen MR) is 81.5 cm³/mol. The summed E-state index contributed by atoms with van der Waals surface area (Å²) in [5.41, 5.74) is 0. The zero-order valence-electron chi connectivity index (χ0n) is 10.9. The molecule has 0 radical (unpaired) electrons. The highest BCUT2D eigenvalue weighted by Gasteiger charge is 2.14. The van der Waals surface area contributed by atoms with Crippen LogP contribution in [0.15, 0.2) is 21.2 Å². The zero-order valence-corrected chi connectivity index (χ0v) is 14.0. The van der Waals surface area contributed by atoms with Gasteiger partial charge in [0.25, 0.3) is 0 Å². The molecule has 0 aliphatic carbocycles. The second kappa shape index (κ2) is 6.74. The van der Waals surface area contributed by atoms with Gasteiger partial charge in [-0.2, -0.15) is 0 Å². The molecule has 0 aliphatic rings. The van der Waals surface area contributed by atoms with Crippen molar-refractivity contribution in [2.24, 2.45) is 11.8 Å². The lowest BCUT2D eigenvalue weighted by Gasteiger charge is -2.28. The summed E-state index contributed by atoms with van der Waals surface area (Å²) in [5, 5.41) is 0. The number of anilines is 1. The molecule has 1 heterocycles. The maximum atomic E-state index is 4.52. The smallest absolute Gasteiger partial charge is 0.142 e. The molecule has 1 aromatic rings. The molecule has 4 heteroatoms. The quantitative estimate of drug-likeness (QED) is 0.751. The standard InChI is InChI=1S/C13H20Br2N2/c1-9(2)7-17(8-10(3)4)13-12(15)5-11(14)6-16-13/h5-6,9-10H,7-8H2,1-4H3. The number of nitrogens with zero attached hydrogens (tertiary/aromatic N) is 2. The number of hydrogen-bond acceptors (Lipinski definition) is 2. The van der Waals surface area contributed by atoms with Crippen molar-refractivity contribution >= 4 is 37.7 Å². The molecule has 0 aliphatic heterocycles. The molecule has 1 aromatic heterocycles. The first kappa shape index (κ1) is 15.0. The Kier molecular flexibility index (Phi) is 5.93. The fourth-order valence-electron chi connectivity index (χ4n) is 1.77. The van der Waals surface area contributed by atoms with E-state index >= 15 is 0 Å². The SMILES string of the molecule is CC(C)CN(CC(C)C)c1ncc(Br)cc1Br. The van der Waals surface area contributed by atoms with Crippen LogP contribution >= 0.6 is 31.9 Å². The number of hydrogen-bond donors (Lipinski definition) is 0. The van der Waals surface area contributed by atoms with E-state index in [9.17, 15) is 0 Å². The van der Waals surface area contributed by atoms with Crippen molar-refractivity contribution in [2.75, 3.05) is 18.0 Å². The molecule has 0 fully saturated rings. The molecular weight excluding hydrogens is 344 g/mol. The summed E-state index contributed by atoms with van der Waals surface area (Å²) in [5.74, 6) is 2.30. The second-order valence-electron chi connectivity index (χ2n) is 5.15. The van der Waals surface area contributed by atoms with E-state index in [-0.39, 0.29) is 0 Å².